The van der Waals surface area contributed by atoms with Crippen molar-refractivity contribution >= 4 is 34.4 Å². The summed E-state index contributed by atoms with van der Waals surface area (Å²) in [6.07, 6.45) is 2.97. The van der Waals surface area contributed by atoms with Crippen LogP contribution >= 0.6 is 0 Å². The Bertz CT molecular complexity index is 1120. The largest absolute Gasteiger partial charge is 0.278 e. The zero-order valence-electron chi connectivity index (χ0n) is 12.8. The van der Waals surface area contributed by atoms with Crippen LogP contribution in [0.4, 0.5) is 11.5 Å². The molecule has 4 rings (SSSR count). The van der Waals surface area contributed by atoms with Gasteiger partial charge in [0, 0.05) is 6.07 Å². The van der Waals surface area contributed by atoms with Crippen molar-refractivity contribution in [2.75, 3.05) is 5.43 Å². The van der Waals surface area contributed by atoms with E-state index in [1.54, 1.807) is 28.9 Å². The minimum atomic E-state index is -0.452. The van der Waals surface area contributed by atoms with E-state index in [-0.39, 0.29) is 5.69 Å². The van der Waals surface area contributed by atoms with E-state index in [0.29, 0.717) is 17.0 Å². The van der Waals surface area contributed by atoms with Gasteiger partial charge in [0.2, 0.25) is 5.65 Å². The van der Waals surface area contributed by atoms with E-state index < -0.39 is 4.92 Å². The van der Waals surface area contributed by atoms with E-state index in [4.69, 9.17) is 0 Å². The van der Waals surface area contributed by atoms with Crippen molar-refractivity contribution in [1.82, 2.24) is 19.6 Å². The van der Waals surface area contributed by atoms with E-state index >= 15 is 0 Å². The van der Waals surface area contributed by atoms with Crippen LogP contribution in [0.15, 0.2) is 60.0 Å². The van der Waals surface area contributed by atoms with Gasteiger partial charge in [-0.15, -0.1) is 10.2 Å². The molecule has 2 aromatic carbocycles. The number of rotatable bonds is 4. The number of nitrogens with zero attached hydrogens (tertiary/aromatic N) is 6. The van der Waals surface area contributed by atoms with Crippen molar-refractivity contribution in [2.24, 2.45) is 5.10 Å². The summed E-state index contributed by atoms with van der Waals surface area (Å²) >= 11 is 0. The van der Waals surface area contributed by atoms with E-state index in [2.05, 4.69) is 25.7 Å². The molecule has 0 fully saturated rings. The summed E-state index contributed by atoms with van der Waals surface area (Å²) in [7, 11) is 0. The molecule has 122 valence electrons. The second-order valence-corrected chi connectivity index (χ2v) is 5.16. The molecule has 0 spiro atoms. The molecule has 0 aliphatic heterocycles. The van der Waals surface area contributed by atoms with E-state index in [9.17, 15) is 10.1 Å². The van der Waals surface area contributed by atoms with Gasteiger partial charge in [-0.2, -0.15) is 5.10 Å². The molecule has 0 atom stereocenters. The summed E-state index contributed by atoms with van der Waals surface area (Å²) in [6.45, 7) is 0. The third-order valence-electron chi connectivity index (χ3n) is 3.64. The maximum Gasteiger partial charge on any atom is 0.278 e. The number of hydrogen-bond donors (Lipinski definition) is 1. The molecule has 4 aromatic rings. The lowest BCUT2D eigenvalue weighted by Crippen LogP contribution is -2.00. The first-order chi connectivity index (χ1) is 12.2. The lowest BCUT2D eigenvalue weighted by atomic mass is 10.2. The molecule has 0 bridgehead atoms. The van der Waals surface area contributed by atoms with Gasteiger partial charge < -0.3 is 0 Å². The molecule has 0 aliphatic carbocycles. The molecule has 25 heavy (non-hydrogen) atoms. The Hall–Kier alpha value is -3.88. The van der Waals surface area contributed by atoms with Crippen LogP contribution in [0.1, 0.15) is 5.56 Å². The predicted octanol–water partition coefficient (Wildman–Crippen LogP) is 2.63. The number of nitrogens with one attached hydrogen (secondary N) is 1. The molecule has 0 amide bonds. The molecule has 0 aliphatic rings. The van der Waals surface area contributed by atoms with Crippen LogP contribution < -0.4 is 5.43 Å². The maximum atomic E-state index is 11.0. The van der Waals surface area contributed by atoms with Crippen LogP contribution in [-0.4, -0.2) is 30.7 Å². The van der Waals surface area contributed by atoms with Crippen molar-refractivity contribution in [3.05, 3.63) is 70.5 Å². The van der Waals surface area contributed by atoms with Gasteiger partial charge in [-0.25, -0.2) is 4.98 Å². The lowest BCUT2D eigenvalue weighted by molar-refractivity contribution is -0.385. The fourth-order valence-electron chi connectivity index (χ4n) is 2.51. The highest BCUT2D eigenvalue weighted by atomic mass is 16.6. The highest BCUT2D eigenvalue weighted by Crippen LogP contribution is 2.20. The molecule has 9 heteroatoms. The van der Waals surface area contributed by atoms with Crippen molar-refractivity contribution in [3.8, 4) is 0 Å². The van der Waals surface area contributed by atoms with Gasteiger partial charge in [0.15, 0.2) is 5.82 Å². The number of hydrogen-bond acceptors (Lipinski definition) is 7. The van der Waals surface area contributed by atoms with Gasteiger partial charge >= 0.3 is 0 Å². The molecule has 0 saturated carbocycles. The van der Waals surface area contributed by atoms with Crippen molar-refractivity contribution in [2.45, 2.75) is 0 Å². The number of nitro groups is 1. The average molecular weight is 333 g/mol. The first kappa shape index (κ1) is 14.7. The monoisotopic (exact) mass is 333 g/mol. The summed E-state index contributed by atoms with van der Waals surface area (Å²) in [4.78, 5) is 15.1. The SMILES string of the molecule is O=[N+]([O-])c1ccccc1/C=N\Nc1nc2ccccc2n2cnnc12. The summed E-state index contributed by atoms with van der Waals surface area (Å²) in [5.74, 6) is 0.408. The Morgan fingerprint density at radius 3 is 2.84 bits per heavy atom. The maximum absolute atomic E-state index is 11.0. The molecule has 0 unspecified atom stereocenters. The van der Waals surface area contributed by atoms with Crippen LogP contribution in [0.5, 0.6) is 0 Å². The van der Waals surface area contributed by atoms with Crippen LogP contribution in [-0.2, 0) is 0 Å². The Morgan fingerprint density at radius 1 is 1.16 bits per heavy atom. The molecule has 0 radical (unpaired) electrons. The number of aromatic nitrogens is 4. The minimum absolute atomic E-state index is 0.0212. The standard InChI is InChI=1S/C16H11N7O2/c24-23(25)13-7-3-1-5-11(13)9-17-20-15-16-21-18-10-22(16)14-8-4-2-6-12(14)19-15/h1-10H,(H,19,20)/b17-9-. The van der Waals surface area contributed by atoms with Crippen LogP contribution in [0, 0.1) is 10.1 Å². The van der Waals surface area contributed by atoms with Gasteiger partial charge in [-0.3, -0.25) is 19.9 Å². The van der Waals surface area contributed by atoms with Crippen molar-refractivity contribution < 1.29 is 4.92 Å². The zero-order valence-corrected chi connectivity index (χ0v) is 12.8. The van der Waals surface area contributed by atoms with E-state index in [1.807, 2.05) is 24.3 Å². The summed E-state index contributed by atoms with van der Waals surface area (Å²) < 4.78 is 1.80. The van der Waals surface area contributed by atoms with Crippen LogP contribution in [0.25, 0.3) is 16.7 Å². The third-order valence-corrected chi connectivity index (χ3v) is 3.64. The summed E-state index contributed by atoms with van der Waals surface area (Å²) in [5, 5.41) is 23.1. The zero-order chi connectivity index (χ0) is 17.2. The third kappa shape index (κ3) is 2.63. The highest BCUT2D eigenvalue weighted by Gasteiger charge is 2.11. The fraction of sp³-hybridized carbons (Fsp3) is 0. The minimum Gasteiger partial charge on any atom is -0.277 e. The fourth-order valence-corrected chi connectivity index (χ4v) is 2.51. The molecule has 2 heterocycles. The first-order valence-electron chi connectivity index (χ1n) is 7.35. The van der Waals surface area contributed by atoms with Gasteiger partial charge in [-0.1, -0.05) is 24.3 Å². The Morgan fingerprint density at radius 2 is 1.96 bits per heavy atom. The van der Waals surface area contributed by atoms with Crippen LogP contribution in [0.3, 0.4) is 0 Å². The smallest absolute Gasteiger partial charge is 0.277 e. The highest BCUT2D eigenvalue weighted by molar-refractivity contribution is 5.86. The molecular weight excluding hydrogens is 322 g/mol. The second-order valence-electron chi connectivity index (χ2n) is 5.16. The Kier molecular flexibility index (Phi) is 3.51. The summed E-state index contributed by atoms with van der Waals surface area (Å²) in [5.41, 5.74) is 5.29. The predicted molar refractivity (Wildman–Crippen MR) is 92.6 cm³/mol. The summed E-state index contributed by atoms with van der Waals surface area (Å²) in [6, 6.07) is 13.9. The number of benzene rings is 2. The van der Waals surface area contributed by atoms with Crippen LogP contribution in [0.2, 0.25) is 0 Å². The Labute approximate surface area is 140 Å². The molecular formula is C16H11N7O2. The number of anilines is 1. The lowest BCUT2D eigenvalue weighted by Gasteiger charge is -2.05. The van der Waals surface area contributed by atoms with Gasteiger partial charge in [-0.05, 0) is 18.2 Å². The normalized spacial score (nSPS) is 11.4. The molecule has 0 saturated heterocycles. The van der Waals surface area contributed by atoms with Gasteiger partial charge in [0.1, 0.15) is 6.33 Å². The van der Waals surface area contributed by atoms with Crippen molar-refractivity contribution in [3.63, 3.8) is 0 Å². The van der Waals surface area contributed by atoms with Gasteiger partial charge in [0.25, 0.3) is 5.69 Å². The number of hydrazone groups is 1. The van der Waals surface area contributed by atoms with E-state index in [1.165, 1.54) is 12.3 Å². The second kappa shape index (κ2) is 5.96. The quantitative estimate of drug-likeness (QED) is 0.349. The number of fused-ring (bicyclic) bond motifs is 3. The topological polar surface area (TPSA) is 111 Å². The van der Waals surface area contributed by atoms with E-state index in [0.717, 1.165) is 11.0 Å². The Balaban J connectivity index is 1.71. The molecule has 2 aromatic heterocycles. The van der Waals surface area contributed by atoms with Crippen molar-refractivity contribution in [1.29, 1.82) is 0 Å². The number of nitro benzene ring substituents is 1. The first-order valence-corrected chi connectivity index (χ1v) is 7.35. The number of para-hydroxylation sites is 3. The van der Waals surface area contributed by atoms with Gasteiger partial charge in [0.05, 0.1) is 27.7 Å². The average Bonchev–Trinajstić information content (AvgIpc) is 3.12. The molecule has 9 nitrogen and oxygen atoms in total. The molecule has 1 N–H and O–H groups in total.